The van der Waals surface area contributed by atoms with Gasteiger partial charge in [-0.05, 0) is 93.3 Å². The highest BCUT2D eigenvalue weighted by Crippen LogP contribution is 2.46. The second kappa shape index (κ2) is 16.0. The fourth-order valence-electron chi connectivity index (χ4n) is 8.58. The molecule has 0 saturated carbocycles. The number of hydrogen-bond donors (Lipinski definition) is 1. The SMILES string of the molecule is Cc1nc(CN2C3CC2CN(Cc2ccccc2)C3)c(-c2ccc(OCCc3ccc(F)cc3)cc2)c(N2CCC(C)(C)CC2)c1[C@H](OC(C)(C)C)C(=O)O. The number of halogens is 1. The number of benzene rings is 3. The van der Waals surface area contributed by atoms with E-state index in [1.54, 1.807) is 12.1 Å². The second-order valence-corrected chi connectivity index (χ2v) is 17.5. The highest BCUT2D eigenvalue weighted by atomic mass is 19.1. The Hall–Kier alpha value is -4.31. The van der Waals surface area contributed by atoms with Crippen LogP contribution >= 0.6 is 0 Å². The maximum Gasteiger partial charge on any atom is 0.337 e. The van der Waals surface area contributed by atoms with Crippen molar-refractivity contribution in [2.45, 2.75) is 104 Å². The van der Waals surface area contributed by atoms with Gasteiger partial charge in [-0.25, -0.2) is 9.18 Å². The molecule has 8 nitrogen and oxygen atoms in total. The average molecular weight is 749 g/mol. The maximum absolute atomic E-state index is 13.4. The Balaban J connectivity index is 1.25. The van der Waals surface area contributed by atoms with Crippen LogP contribution in [0.2, 0.25) is 0 Å². The van der Waals surface area contributed by atoms with Gasteiger partial charge in [0.1, 0.15) is 11.6 Å². The van der Waals surface area contributed by atoms with Crippen LogP contribution in [0.15, 0.2) is 78.9 Å². The van der Waals surface area contributed by atoms with Crippen LogP contribution in [0.4, 0.5) is 10.1 Å². The molecule has 8 rings (SSSR count). The molecule has 0 radical (unpaired) electrons. The number of carbonyl (C=O) groups is 1. The molecule has 5 heterocycles. The van der Waals surface area contributed by atoms with E-state index < -0.39 is 17.7 Å². The van der Waals surface area contributed by atoms with Crippen molar-refractivity contribution < 1.29 is 23.8 Å². The lowest BCUT2D eigenvalue weighted by Gasteiger charge is -2.56. The van der Waals surface area contributed by atoms with Gasteiger partial charge in [-0.15, -0.1) is 0 Å². The van der Waals surface area contributed by atoms with Crippen molar-refractivity contribution in [2.24, 2.45) is 5.41 Å². The molecule has 292 valence electrons. The number of ether oxygens (including phenoxy) is 2. The molecule has 4 saturated heterocycles. The van der Waals surface area contributed by atoms with Crippen LogP contribution in [-0.4, -0.2) is 76.3 Å². The number of nitrogens with zero attached hydrogens (tertiary/aromatic N) is 4. The van der Waals surface area contributed by atoms with Crippen molar-refractivity contribution in [1.29, 1.82) is 0 Å². The maximum atomic E-state index is 13.4. The van der Waals surface area contributed by atoms with Gasteiger partial charge in [-0.1, -0.05) is 68.4 Å². The summed E-state index contributed by atoms with van der Waals surface area (Å²) in [5.41, 5.74) is 7.05. The summed E-state index contributed by atoms with van der Waals surface area (Å²) in [6, 6.07) is 26.3. The van der Waals surface area contributed by atoms with Crippen LogP contribution in [0, 0.1) is 18.2 Å². The number of hydrogen-bond acceptors (Lipinski definition) is 7. The van der Waals surface area contributed by atoms with Gasteiger partial charge in [0.05, 0.1) is 23.6 Å². The van der Waals surface area contributed by atoms with Gasteiger partial charge in [-0.2, -0.15) is 0 Å². The number of piperazine rings is 1. The highest BCUT2D eigenvalue weighted by molar-refractivity contribution is 5.88. The van der Waals surface area contributed by atoms with E-state index in [0.29, 0.717) is 42.9 Å². The monoisotopic (exact) mass is 748 g/mol. The normalized spacial score (nSPS) is 20.5. The number of anilines is 1. The fraction of sp³-hybridized carbons (Fsp3) is 0.478. The summed E-state index contributed by atoms with van der Waals surface area (Å²) in [6.07, 6.45) is 2.65. The van der Waals surface area contributed by atoms with Crippen molar-refractivity contribution in [3.63, 3.8) is 0 Å². The highest BCUT2D eigenvalue weighted by Gasteiger charge is 2.45. The molecule has 4 aromatic rings. The van der Waals surface area contributed by atoms with Crippen LogP contribution in [-0.2, 0) is 29.0 Å². The summed E-state index contributed by atoms with van der Waals surface area (Å²) in [6.45, 7) is 18.1. The van der Waals surface area contributed by atoms with Crippen LogP contribution in [0.5, 0.6) is 5.75 Å². The molecule has 9 heteroatoms. The zero-order valence-corrected chi connectivity index (χ0v) is 33.4. The standard InChI is InChI=1S/C46H57FN4O4/c1-31-40(43(44(52)53)55-45(2,3)4)42(50-23-21-46(5,6)22-24-50)41(34-14-18-38(19-15-34)54-25-20-32-12-16-35(47)17-13-32)39(48-31)30-51-36-26-37(51)29-49(28-36)27-33-10-8-7-9-11-33/h7-19,36-37,43H,20-30H2,1-6H3,(H,52,53)/t36?,37?,43-/m0/s1. The number of pyridine rings is 1. The molecular formula is C46H57FN4O4. The molecule has 1 aromatic heterocycles. The first kappa shape index (κ1) is 38.9. The quantitative estimate of drug-likeness (QED) is 0.145. The molecule has 3 atom stereocenters. The first-order valence-corrected chi connectivity index (χ1v) is 19.9. The van der Waals surface area contributed by atoms with Crippen LogP contribution in [0.3, 0.4) is 0 Å². The number of aromatic nitrogens is 1. The zero-order valence-electron chi connectivity index (χ0n) is 33.4. The minimum atomic E-state index is -1.19. The number of aryl methyl sites for hydroxylation is 1. The lowest BCUT2D eigenvalue weighted by molar-refractivity contribution is -0.160. The van der Waals surface area contributed by atoms with Crippen molar-refractivity contribution in [1.82, 2.24) is 14.8 Å². The summed E-state index contributed by atoms with van der Waals surface area (Å²) in [7, 11) is 0. The van der Waals surface area contributed by atoms with E-state index in [0.717, 1.165) is 79.4 Å². The van der Waals surface area contributed by atoms with E-state index in [9.17, 15) is 14.3 Å². The summed E-state index contributed by atoms with van der Waals surface area (Å²) in [5.74, 6) is -0.523. The van der Waals surface area contributed by atoms with Gasteiger partial charge < -0.3 is 19.5 Å². The Morgan fingerprint density at radius 3 is 2.20 bits per heavy atom. The Labute approximate surface area is 326 Å². The van der Waals surface area contributed by atoms with E-state index in [4.69, 9.17) is 14.5 Å². The Morgan fingerprint density at radius 2 is 1.58 bits per heavy atom. The molecule has 0 aliphatic carbocycles. The first-order chi connectivity index (χ1) is 26.2. The van der Waals surface area contributed by atoms with Gasteiger partial charge in [-0.3, -0.25) is 14.8 Å². The molecule has 4 aliphatic rings. The van der Waals surface area contributed by atoms with E-state index in [1.807, 2.05) is 39.8 Å². The van der Waals surface area contributed by atoms with Crippen molar-refractivity contribution in [3.8, 4) is 16.9 Å². The van der Waals surface area contributed by atoms with Gasteiger partial charge in [0.15, 0.2) is 6.10 Å². The molecule has 2 bridgehead atoms. The molecule has 0 spiro atoms. The predicted octanol–water partition coefficient (Wildman–Crippen LogP) is 8.84. The third-order valence-corrected chi connectivity index (χ3v) is 11.6. The number of rotatable bonds is 13. The first-order valence-electron chi connectivity index (χ1n) is 19.9. The van der Waals surface area contributed by atoms with Crippen LogP contribution < -0.4 is 9.64 Å². The molecule has 1 N–H and O–H groups in total. The Bertz CT molecular complexity index is 1920. The van der Waals surface area contributed by atoms with E-state index >= 15 is 0 Å². The van der Waals surface area contributed by atoms with E-state index in [-0.39, 0.29) is 11.2 Å². The molecule has 3 aromatic carbocycles. The zero-order chi connectivity index (χ0) is 38.9. The third kappa shape index (κ3) is 9.22. The number of piperidine rings is 2. The van der Waals surface area contributed by atoms with Gasteiger partial charge in [0.2, 0.25) is 0 Å². The van der Waals surface area contributed by atoms with Crippen molar-refractivity contribution in [2.75, 3.05) is 37.7 Å². The van der Waals surface area contributed by atoms with Crippen molar-refractivity contribution >= 4 is 11.7 Å². The molecule has 4 aliphatic heterocycles. The number of fused-ring (bicyclic) bond motifs is 2. The minimum Gasteiger partial charge on any atom is -0.493 e. The number of aliphatic carboxylic acids is 1. The molecule has 55 heavy (non-hydrogen) atoms. The Kier molecular flexibility index (Phi) is 11.4. The fourth-order valence-corrected chi connectivity index (χ4v) is 8.58. The summed E-state index contributed by atoms with van der Waals surface area (Å²) < 4.78 is 26.0. The summed E-state index contributed by atoms with van der Waals surface area (Å²) in [4.78, 5) is 26.1. The lowest BCUT2D eigenvalue weighted by atomic mass is 9.81. The summed E-state index contributed by atoms with van der Waals surface area (Å²) >= 11 is 0. The molecule has 0 amide bonds. The largest absolute Gasteiger partial charge is 0.493 e. The third-order valence-electron chi connectivity index (χ3n) is 11.6. The van der Waals surface area contributed by atoms with E-state index in [1.165, 1.54) is 24.1 Å². The number of carboxylic acid groups (broad SMARTS) is 1. The molecular weight excluding hydrogens is 692 g/mol. The van der Waals surface area contributed by atoms with Gasteiger partial charge >= 0.3 is 5.97 Å². The van der Waals surface area contributed by atoms with Crippen LogP contribution in [0.1, 0.15) is 88.1 Å². The minimum absolute atomic E-state index is 0.198. The lowest BCUT2D eigenvalue weighted by Crippen LogP contribution is -2.67. The smallest absolute Gasteiger partial charge is 0.337 e. The molecule has 4 fully saturated rings. The predicted molar refractivity (Wildman–Crippen MR) is 216 cm³/mol. The average Bonchev–Trinajstić information content (AvgIpc) is 3.14. The summed E-state index contributed by atoms with van der Waals surface area (Å²) in [5, 5.41) is 10.8. The topological polar surface area (TPSA) is 78.4 Å². The Morgan fingerprint density at radius 1 is 0.927 bits per heavy atom. The van der Waals surface area contributed by atoms with Gasteiger partial charge in [0.25, 0.3) is 0 Å². The number of carboxylic acids is 1. The van der Waals surface area contributed by atoms with Gasteiger partial charge in [0, 0.05) is 74.6 Å². The second-order valence-electron chi connectivity index (χ2n) is 17.5. The van der Waals surface area contributed by atoms with Crippen LogP contribution in [0.25, 0.3) is 11.1 Å². The molecule has 2 unspecified atom stereocenters. The van der Waals surface area contributed by atoms with E-state index in [2.05, 4.69) is 71.0 Å². The van der Waals surface area contributed by atoms with Crippen molar-refractivity contribution in [3.05, 3.63) is 113 Å².